The molecule has 2 N–H and O–H groups in total. The van der Waals surface area contributed by atoms with Crippen LogP contribution >= 0.6 is 0 Å². The van der Waals surface area contributed by atoms with Crippen molar-refractivity contribution in [2.45, 2.75) is 38.0 Å². The number of nitrogens with one attached hydrogen (secondary N) is 1. The minimum atomic E-state index is -4.77. The highest BCUT2D eigenvalue weighted by Gasteiger charge is 2.45. The van der Waals surface area contributed by atoms with Crippen molar-refractivity contribution in [3.63, 3.8) is 0 Å². The van der Waals surface area contributed by atoms with E-state index in [1.165, 1.54) is 31.0 Å². The lowest BCUT2D eigenvalue weighted by atomic mass is 9.92. The Morgan fingerprint density at radius 3 is 2.44 bits per heavy atom. The SMILES string of the molecule is C#Cc1c(N2CCC3(CC2)CC3)c2cc(C(O)C(F)(F)F)ccc2[nH]c1=O. The topological polar surface area (TPSA) is 56.3 Å². The van der Waals surface area contributed by atoms with Crippen molar-refractivity contribution in [2.24, 2.45) is 5.41 Å². The zero-order valence-corrected chi connectivity index (χ0v) is 14.6. The molecule has 4 nitrogen and oxygen atoms in total. The molecule has 7 heteroatoms. The average molecular weight is 376 g/mol. The Hall–Kier alpha value is -2.46. The van der Waals surface area contributed by atoms with Crippen molar-refractivity contribution in [3.05, 3.63) is 39.7 Å². The van der Waals surface area contributed by atoms with Crippen LogP contribution in [0.2, 0.25) is 0 Å². The highest BCUT2D eigenvalue weighted by atomic mass is 19.4. The van der Waals surface area contributed by atoms with Crippen LogP contribution in [0.5, 0.6) is 0 Å². The van der Waals surface area contributed by atoms with Crippen LogP contribution in [0, 0.1) is 17.8 Å². The van der Waals surface area contributed by atoms with Gasteiger partial charge in [-0.25, -0.2) is 0 Å². The minimum Gasteiger partial charge on any atom is -0.379 e. The first-order chi connectivity index (χ1) is 12.7. The highest BCUT2D eigenvalue weighted by Crippen LogP contribution is 2.54. The molecule has 1 saturated heterocycles. The van der Waals surface area contributed by atoms with E-state index in [2.05, 4.69) is 10.9 Å². The Balaban J connectivity index is 1.86. The normalized spacial score (nSPS) is 19.9. The van der Waals surface area contributed by atoms with E-state index in [4.69, 9.17) is 6.42 Å². The number of anilines is 1. The van der Waals surface area contributed by atoms with Crippen LogP contribution in [0.1, 0.15) is 42.9 Å². The second kappa shape index (κ2) is 6.03. The summed E-state index contributed by atoms with van der Waals surface area (Å²) in [5.74, 6) is 2.40. The van der Waals surface area contributed by atoms with E-state index >= 15 is 0 Å². The van der Waals surface area contributed by atoms with Crippen LogP contribution in [-0.2, 0) is 0 Å². The summed E-state index contributed by atoms with van der Waals surface area (Å²) >= 11 is 0. The predicted molar refractivity (Wildman–Crippen MR) is 96.6 cm³/mol. The third-order valence-electron chi connectivity index (χ3n) is 5.88. The fraction of sp³-hybridized carbons (Fsp3) is 0.450. The highest BCUT2D eigenvalue weighted by molar-refractivity contribution is 5.95. The van der Waals surface area contributed by atoms with E-state index in [0.717, 1.165) is 12.8 Å². The van der Waals surface area contributed by atoms with Gasteiger partial charge in [-0.2, -0.15) is 13.2 Å². The summed E-state index contributed by atoms with van der Waals surface area (Å²) in [5.41, 5.74) is 0.703. The number of aromatic nitrogens is 1. The van der Waals surface area contributed by atoms with Crippen LogP contribution in [-0.4, -0.2) is 29.4 Å². The van der Waals surface area contributed by atoms with Crippen molar-refractivity contribution in [2.75, 3.05) is 18.0 Å². The second-order valence-corrected chi connectivity index (χ2v) is 7.56. The van der Waals surface area contributed by atoms with E-state index < -0.39 is 17.8 Å². The van der Waals surface area contributed by atoms with Gasteiger partial charge in [0.25, 0.3) is 5.56 Å². The standard InChI is InChI=1S/C20H19F3N2O2/c1-2-13-16(25-9-7-19(5-6-19)8-10-25)14-11-12(17(26)20(21,22)23)3-4-15(14)24-18(13)27/h1,3-4,11,17,26H,5-10H2,(H,24,27). The molecule has 1 spiro atoms. The van der Waals surface area contributed by atoms with E-state index in [-0.39, 0.29) is 11.1 Å². The number of H-pyrrole nitrogens is 1. The number of aromatic amines is 1. The summed E-state index contributed by atoms with van der Waals surface area (Å²) in [7, 11) is 0. The largest absolute Gasteiger partial charge is 0.418 e. The molecule has 0 amide bonds. The summed E-state index contributed by atoms with van der Waals surface area (Å²) < 4.78 is 38.8. The van der Waals surface area contributed by atoms with Gasteiger partial charge in [0, 0.05) is 18.5 Å². The number of aliphatic hydroxyl groups is 1. The molecule has 1 aliphatic carbocycles. The monoisotopic (exact) mass is 376 g/mol. The quantitative estimate of drug-likeness (QED) is 0.789. The van der Waals surface area contributed by atoms with Gasteiger partial charge in [0.15, 0.2) is 6.10 Å². The van der Waals surface area contributed by atoms with E-state index in [1.54, 1.807) is 0 Å². The van der Waals surface area contributed by atoms with Crippen molar-refractivity contribution in [1.29, 1.82) is 0 Å². The van der Waals surface area contributed by atoms with E-state index in [0.29, 0.717) is 35.1 Å². The number of rotatable bonds is 2. The number of halogens is 3. The van der Waals surface area contributed by atoms with Gasteiger partial charge in [-0.3, -0.25) is 4.79 Å². The van der Waals surface area contributed by atoms with Crippen LogP contribution in [0.3, 0.4) is 0 Å². The molecule has 27 heavy (non-hydrogen) atoms. The molecule has 0 radical (unpaired) electrons. The Morgan fingerprint density at radius 1 is 1.22 bits per heavy atom. The first-order valence-electron chi connectivity index (χ1n) is 8.90. The fourth-order valence-electron chi connectivity index (χ4n) is 4.00. The van der Waals surface area contributed by atoms with Gasteiger partial charge in [0.2, 0.25) is 0 Å². The third kappa shape index (κ3) is 3.08. The maximum absolute atomic E-state index is 12.9. The average Bonchev–Trinajstić information content (AvgIpc) is 3.39. The number of pyridine rings is 1. The van der Waals surface area contributed by atoms with Crippen molar-refractivity contribution < 1.29 is 18.3 Å². The maximum atomic E-state index is 12.9. The third-order valence-corrected chi connectivity index (χ3v) is 5.88. The number of terminal acetylenes is 1. The molecule has 2 aromatic rings. The number of benzene rings is 1. The molecule has 1 aliphatic heterocycles. The van der Waals surface area contributed by atoms with Crippen LogP contribution in [0.25, 0.3) is 10.9 Å². The lowest BCUT2D eigenvalue weighted by Gasteiger charge is -2.35. The number of aliphatic hydroxyl groups excluding tert-OH is 1. The first-order valence-corrected chi connectivity index (χ1v) is 8.90. The lowest BCUT2D eigenvalue weighted by Crippen LogP contribution is -2.36. The number of fused-ring (bicyclic) bond motifs is 1. The first kappa shape index (κ1) is 17.9. The molecule has 2 heterocycles. The fourth-order valence-corrected chi connectivity index (χ4v) is 4.00. The zero-order valence-electron chi connectivity index (χ0n) is 14.6. The van der Waals surface area contributed by atoms with Gasteiger partial charge in [-0.15, -0.1) is 6.42 Å². The summed E-state index contributed by atoms with van der Waals surface area (Å²) in [6.07, 6.45) is 2.58. The van der Waals surface area contributed by atoms with Crippen LogP contribution < -0.4 is 10.5 Å². The molecule has 142 valence electrons. The molecule has 1 saturated carbocycles. The van der Waals surface area contributed by atoms with Crippen LogP contribution in [0.4, 0.5) is 18.9 Å². The molecular formula is C20H19F3N2O2. The van der Waals surface area contributed by atoms with Gasteiger partial charge in [0.1, 0.15) is 5.56 Å². The summed E-state index contributed by atoms with van der Waals surface area (Å²) in [5, 5.41) is 10.1. The molecule has 2 fully saturated rings. The zero-order chi connectivity index (χ0) is 19.4. The molecular weight excluding hydrogens is 357 g/mol. The second-order valence-electron chi connectivity index (χ2n) is 7.56. The van der Waals surface area contributed by atoms with E-state index in [9.17, 15) is 23.1 Å². The minimum absolute atomic E-state index is 0.118. The summed E-state index contributed by atoms with van der Waals surface area (Å²) in [6.45, 7) is 1.42. The predicted octanol–water partition coefficient (Wildman–Crippen LogP) is 3.49. The van der Waals surface area contributed by atoms with Gasteiger partial charge in [-0.1, -0.05) is 12.0 Å². The Bertz CT molecular complexity index is 989. The van der Waals surface area contributed by atoms with E-state index in [1.807, 2.05) is 4.90 Å². The van der Waals surface area contributed by atoms with Crippen molar-refractivity contribution in [3.8, 4) is 12.3 Å². The van der Waals surface area contributed by atoms with Gasteiger partial charge < -0.3 is 15.0 Å². The number of alkyl halides is 3. The summed E-state index contributed by atoms with van der Waals surface area (Å²) in [6, 6.07) is 3.84. The molecule has 1 unspecified atom stereocenters. The van der Waals surface area contributed by atoms with Crippen molar-refractivity contribution in [1.82, 2.24) is 4.98 Å². The molecule has 0 bridgehead atoms. The van der Waals surface area contributed by atoms with Gasteiger partial charge in [-0.05, 0) is 48.8 Å². The smallest absolute Gasteiger partial charge is 0.379 e. The van der Waals surface area contributed by atoms with Gasteiger partial charge >= 0.3 is 6.18 Å². The Labute approximate surface area is 154 Å². The van der Waals surface area contributed by atoms with Crippen LogP contribution in [0.15, 0.2) is 23.0 Å². The summed E-state index contributed by atoms with van der Waals surface area (Å²) in [4.78, 5) is 17.0. The Morgan fingerprint density at radius 2 is 1.89 bits per heavy atom. The maximum Gasteiger partial charge on any atom is 0.418 e. The molecule has 1 aromatic heterocycles. The van der Waals surface area contributed by atoms with Gasteiger partial charge in [0.05, 0.1) is 11.2 Å². The molecule has 4 rings (SSSR count). The molecule has 1 atom stereocenters. The van der Waals surface area contributed by atoms with Crippen molar-refractivity contribution >= 4 is 16.6 Å². The molecule has 1 aromatic carbocycles. The number of piperidine rings is 1. The lowest BCUT2D eigenvalue weighted by molar-refractivity contribution is -0.206. The number of hydrogen-bond acceptors (Lipinski definition) is 3. The molecule has 2 aliphatic rings. The Kier molecular flexibility index (Phi) is 4.00. The number of nitrogens with zero attached hydrogens (tertiary/aromatic N) is 1. The number of hydrogen-bond donors (Lipinski definition) is 2.